The number of rotatable bonds is 4. The Morgan fingerprint density at radius 3 is 2.29 bits per heavy atom. The molecule has 0 N–H and O–H groups in total. The highest BCUT2D eigenvalue weighted by molar-refractivity contribution is 9.10. The van der Waals surface area contributed by atoms with E-state index in [1.165, 1.54) is 5.41 Å². The average molecular weight is 406 g/mol. The lowest BCUT2D eigenvalue weighted by Gasteiger charge is -2.02. The van der Waals surface area contributed by atoms with Gasteiger partial charge in [-0.3, -0.25) is 0 Å². The van der Waals surface area contributed by atoms with Crippen LogP contribution in [0.25, 0.3) is 6.08 Å². The maximum Gasteiger partial charge on any atom is 0.175 e. The van der Waals surface area contributed by atoms with Crippen LogP contribution in [0.15, 0.2) is 52.3 Å². The van der Waals surface area contributed by atoms with Gasteiger partial charge in [0.15, 0.2) is 9.84 Å². The SMILES string of the molecule is O=S(=O)(/C=C/c1ccc(Br)cc1)Cc1ccc(Cl)c(Cl)c1. The summed E-state index contributed by atoms with van der Waals surface area (Å²) >= 11 is 15.0. The zero-order chi connectivity index (χ0) is 15.5. The summed E-state index contributed by atoms with van der Waals surface area (Å²) in [5, 5.41) is 1.96. The molecule has 2 aromatic rings. The van der Waals surface area contributed by atoms with Crippen molar-refractivity contribution >= 4 is 55.0 Å². The predicted octanol–water partition coefficient (Wildman–Crippen LogP) is 5.34. The van der Waals surface area contributed by atoms with Gasteiger partial charge in [-0.15, -0.1) is 0 Å². The van der Waals surface area contributed by atoms with Gasteiger partial charge in [0.1, 0.15) is 0 Å². The van der Waals surface area contributed by atoms with Crippen LogP contribution in [0, 0.1) is 0 Å². The van der Waals surface area contributed by atoms with E-state index in [4.69, 9.17) is 23.2 Å². The molecule has 0 saturated heterocycles. The van der Waals surface area contributed by atoms with Crippen LogP contribution in [0.2, 0.25) is 10.0 Å². The van der Waals surface area contributed by atoms with Crippen molar-refractivity contribution in [2.45, 2.75) is 5.75 Å². The molecule has 0 aliphatic carbocycles. The molecule has 21 heavy (non-hydrogen) atoms. The van der Waals surface area contributed by atoms with Crippen molar-refractivity contribution in [1.82, 2.24) is 0 Å². The van der Waals surface area contributed by atoms with E-state index in [9.17, 15) is 8.42 Å². The number of halogens is 3. The summed E-state index contributed by atoms with van der Waals surface area (Å²) in [7, 11) is -3.37. The minimum absolute atomic E-state index is 0.114. The zero-order valence-corrected chi connectivity index (χ0v) is 14.7. The zero-order valence-electron chi connectivity index (χ0n) is 10.8. The summed E-state index contributed by atoms with van der Waals surface area (Å²) in [6.07, 6.45) is 1.57. The molecule has 0 aromatic heterocycles. The molecule has 0 saturated carbocycles. The van der Waals surface area contributed by atoms with E-state index in [1.54, 1.807) is 24.3 Å². The second-order valence-electron chi connectivity index (χ2n) is 4.41. The summed E-state index contributed by atoms with van der Waals surface area (Å²) < 4.78 is 25.1. The first-order chi connectivity index (χ1) is 9.85. The van der Waals surface area contributed by atoms with Gasteiger partial charge in [0.05, 0.1) is 15.8 Å². The Balaban J connectivity index is 2.14. The Morgan fingerprint density at radius 2 is 1.67 bits per heavy atom. The molecule has 0 fully saturated rings. The van der Waals surface area contributed by atoms with E-state index in [1.807, 2.05) is 24.3 Å². The third kappa shape index (κ3) is 5.15. The van der Waals surface area contributed by atoms with Gasteiger partial charge >= 0.3 is 0 Å². The Kier molecular flexibility index (Phi) is 5.49. The van der Waals surface area contributed by atoms with E-state index in [2.05, 4.69) is 15.9 Å². The molecule has 0 radical (unpaired) electrons. The molecule has 0 unspecified atom stereocenters. The minimum atomic E-state index is -3.37. The third-order valence-corrected chi connectivity index (χ3v) is 5.24. The van der Waals surface area contributed by atoms with Crippen molar-refractivity contribution in [3.05, 3.63) is 73.5 Å². The van der Waals surface area contributed by atoms with E-state index in [-0.39, 0.29) is 5.75 Å². The van der Waals surface area contributed by atoms with Crippen molar-refractivity contribution in [3.8, 4) is 0 Å². The van der Waals surface area contributed by atoms with Gasteiger partial charge in [-0.25, -0.2) is 8.42 Å². The molecule has 6 heteroatoms. The maximum absolute atomic E-state index is 12.1. The normalized spacial score (nSPS) is 12.0. The molecule has 0 aliphatic heterocycles. The van der Waals surface area contributed by atoms with Gasteiger partial charge in [0.2, 0.25) is 0 Å². The first-order valence-corrected chi connectivity index (χ1v) is 9.22. The first kappa shape index (κ1) is 16.6. The van der Waals surface area contributed by atoms with Gasteiger partial charge in [-0.1, -0.05) is 57.3 Å². The second kappa shape index (κ2) is 6.97. The summed E-state index contributed by atoms with van der Waals surface area (Å²) in [4.78, 5) is 0. The van der Waals surface area contributed by atoms with Crippen LogP contribution in [-0.4, -0.2) is 8.42 Å². The number of benzene rings is 2. The van der Waals surface area contributed by atoms with Gasteiger partial charge in [-0.05, 0) is 41.5 Å². The van der Waals surface area contributed by atoms with Crippen LogP contribution in [0.1, 0.15) is 11.1 Å². The molecule has 0 bridgehead atoms. The molecular weight excluding hydrogens is 395 g/mol. The lowest BCUT2D eigenvalue weighted by molar-refractivity contribution is 0.604. The van der Waals surface area contributed by atoms with Gasteiger partial charge in [0, 0.05) is 9.88 Å². The third-order valence-electron chi connectivity index (χ3n) is 2.69. The van der Waals surface area contributed by atoms with Crippen LogP contribution >= 0.6 is 39.1 Å². The minimum Gasteiger partial charge on any atom is -0.224 e. The average Bonchev–Trinajstić information content (AvgIpc) is 2.42. The standard InChI is InChI=1S/C15H11BrCl2O2S/c16-13-4-1-11(2-5-13)7-8-21(19,20)10-12-3-6-14(17)15(18)9-12/h1-9H,10H2/b8-7+. The first-order valence-electron chi connectivity index (χ1n) is 5.96. The van der Waals surface area contributed by atoms with Crippen molar-refractivity contribution in [2.75, 3.05) is 0 Å². The van der Waals surface area contributed by atoms with Crippen molar-refractivity contribution in [3.63, 3.8) is 0 Å². The molecule has 0 atom stereocenters. The molecule has 2 rings (SSSR count). The summed E-state index contributed by atoms with van der Waals surface area (Å²) in [6.45, 7) is 0. The van der Waals surface area contributed by atoms with E-state index < -0.39 is 9.84 Å². The Bertz CT molecular complexity index is 769. The maximum atomic E-state index is 12.1. The largest absolute Gasteiger partial charge is 0.224 e. The Morgan fingerprint density at radius 1 is 1.00 bits per heavy atom. The van der Waals surface area contributed by atoms with E-state index in [0.717, 1.165) is 10.0 Å². The van der Waals surface area contributed by atoms with Crippen molar-refractivity contribution in [2.24, 2.45) is 0 Å². The molecule has 2 aromatic carbocycles. The van der Waals surface area contributed by atoms with Crippen LogP contribution in [-0.2, 0) is 15.6 Å². The van der Waals surface area contributed by atoms with Crippen LogP contribution in [0.5, 0.6) is 0 Å². The summed E-state index contributed by atoms with van der Waals surface area (Å²) in [6, 6.07) is 12.2. The fourth-order valence-corrected chi connectivity index (χ4v) is 3.36. The molecule has 0 aliphatic rings. The van der Waals surface area contributed by atoms with E-state index in [0.29, 0.717) is 15.6 Å². The van der Waals surface area contributed by atoms with Crippen LogP contribution in [0.4, 0.5) is 0 Å². The summed E-state index contributed by atoms with van der Waals surface area (Å²) in [5.41, 5.74) is 1.42. The van der Waals surface area contributed by atoms with Crippen molar-refractivity contribution in [1.29, 1.82) is 0 Å². The topological polar surface area (TPSA) is 34.1 Å². The van der Waals surface area contributed by atoms with Gasteiger partial charge < -0.3 is 0 Å². The highest BCUT2D eigenvalue weighted by Gasteiger charge is 2.09. The summed E-state index contributed by atoms with van der Waals surface area (Å²) in [5.74, 6) is -0.114. The quantitative estimate of drug-likeness (QED) is 0.687. The Hall–Kier alpha value is -0.810. The molecule has 0 heterocycles. The van der Waals surface area contributed by atoms with Crippen LogP contribution in [0.3, 0.4) is 0 Å². The molecule has 0 spiro atoms. The second-order valence-corrected chi connectivity index (χ2v) is 8.03. The van der Waals surface area contributed by atoms with Crippen molar-refractivity contribution < 1.29 is 8.42 Å². The highest BCUT2D eigenvalue weighted by atomic mass is 79.9. The molecule has 0 amide bonds. The number of sulfone groups is 1. The van der Waals surface area contributed by atoms with Crippen LogP contribution < -0.4 is 0 Å². The smallest absolute Gasteiger partial charge is 0.175 e. The van der Waals surface area contributed by atoms with Gasteiger partial charge in [0.25, 0.3) is 0 Å². The fourth-order valence-electron chi connectivity index (χ4n) is 1.67. The van der Waals surface area contributed by atoms with Gasteiger partial charge in [-0.2, -0.15) is 0 Å². The number of hydrogen-bond donors (Lipinski definition) is 0. The monoisotopic (exact) mass is 404 g/mol. The molecular formula is C15H11BrCl2O2S. The highest BCUT2D eigenvalue weighted by Crippen LogP contribution is 2.24. The predicted molar refractivity (Wildman–Crippen MR) is 92.3 cm³/mol. The van der Waals surface area contributed by atoms with E-state index >= 15 is 0 Å². The lowest BCUT2D eigenvalue weighted by atomic mass is 10.2. The number of hydrogen-bond acceptors (Lipinski definition) is 2. The lowest BCUT2D eigenvalue weighted by Crippen LogP contribution is -1.99. The Labute approximate surface area is 142 Å². The molecule has 110 valence electrons. The molecule has 2 nitrogen and oxygen atoms in total. The fraction of sp³-hybridized carbons (Fsp3) is 0.0667.